The second-order valence-electron chi connectivity index (χ2n) is 4.57. The summed E-state index contributed by atoms with van der Waals surface area (Å²) in [5, 5.41) is 0. The average Bonchev–Trinajstić information content (AvgIpc) is 2.79. The van der Waals surface area contributed by atoms with Gasteiger partial charge in [0.1, 0.15) is 18.9 Å². The number of hydrogen-bond donors (Lipinski definition) is 0. The van der Waals surface area contributed by atoms with Crippen molar-refractivity contribution in [3.63, 3.8) is 0 Å². The van der Waals surface area contributed by atoms with Gasteiger partial charge in [-0.05, 0) is 25.0 Å². The van der Waals surface area contributed by atoms with Gasteiger partial charge in [-0.2, -0.15) is 0 Å². The van der Waals surface area contributed by atoms with Crippen LogP contribution in [0.4, 0.5) is 0 Å². The zero-order valence-electron chi connectivity index (χ0n) is 10.5. The highest BCUT2D eigenvalue weighted by atomic mass is 15.1. The first kappa shape index (κ1) is 11.6. The van der Waals surface area contributed by atoms with Crippen LogP contribution < -0.4 is 4.57 Å². The number of hydrogen-bond acceptors (Lipinski definition) is 0. The van der Waals surface area contributed by atoms with Gasteiger partial charge < -0.3 is 0 Å². The van der Waals surface area contributed by atoms with E-state index in [1.165, 1.54) is 11.1 Å². The van der Waals surface area contributed by atoms with Gasteiger partial charge in [0.25, 0.3) is 0 Å². The van der Waals surface area contributed by atoms with E-state index in [-0.39, 0.29) is 0 Å². The van der Waals surface area contributed by atoms with Crippen molar-refractivity contribution in [2.75, 3.05) is 0 Å². The van der Waals surface area contributed by atoms with Crippen molar-refractivity contribution in [3.8, 4) is 0 Å². The summed E-state index contributed by atoms with van der Waals surface area (Å²) in [7, 11) is 0. The maximum Gasteiger partial charge on any atom is 0.244 e. The van der Waals surface area contributed by atoms with Crippen LogP contribution in [0.3, 0.4) is 0 Å². The second-order valence-corrected chi connectivity index (χ2v) is 4.57. The molecule has 2 heteroatoms. The van der Waals surface area contributed by atoms with E-state index in [1.54, 1.807) is 0 Å². The van der Waals surface area contributed by atoms with E-state index in [4.69, 9.17) is 0 Å². The standard InChI is InChI=1S/C15H19N2/c1-4-14-5-7-15(8-6-14)11-16-9-10-17(12-16)13(2)3/h4-10,12-13H,1,11H2,2-3H3/q+1. The quantitative estimate of drug-likeness (QED) is 0.710. The number of aromatic nitrogens is 2. The zero-order valence-corrected chi connectivity index (χ0v) is 10.5. The molecule has 0 spiro atoms. The molecule has 0 amide bonds. The summed E-state index contributed by atoms with van der Waals surface area (Å²) in [5.41, 5.74) is 2.47. The van der Waals surface area contributed by atoms with Crippen LogP contribution in [0.25, 0.3) is 6.08 Å². The minimum Gasteiger partial charge on any atom is -0.235 e. The van der Waals surface area contributed by atoms with Crippen LogP contribution in [0.1, 0.15) is 31.0 Å². The lowest BCUT2D eigenvalue weighted by Crippen LogP contribution is -2.31. The Morgan fingerprint density at radius 2 is 2.00 bits per heavy atom. The Labute approximate surface area is 103 Å². The molecule has 2 rings (SSSR count). The molecule has 88 valence electrons. The lowest BCUT2D eigenvalue weighted by Gasteiger charge is -2.00. The fraction of sp³-hybridized carbons (Fsp3) is 0.267. The Kier molecular flexibility index (Phi) is 3.43. The molecule has 0 saturated heterocycles. The largest absolute Gasteiger partial charge is 0.244 e. The van der Waals surface area contributed by atoms with Gasteiger partial charge in [-0.1, -0.05) is 36.9 Å². The Balaban J connectivity index is 2.10. The molecule has 1 heterocycles. The molecule has 2 nitrogen and oxygen atoms in total. The first-order chi connectivity index (χ1) is 8.19. The third-order valence-corrected chi connectivity index (χ3v) is 2.89. The average molecular weight is 227 g/mol. The van der Waals surface area contributed by atoms with Gasteiger partial charge in [-0.15, -0.1) is 0 Å². The third kappa shape index (κ3) is 2.84. The third-order valence-electron chi connectivity index (χ3n) is 2.89. The molecule has 0 fully saturated rings. The Bertz CT molecular complexity index is 492. The molecular weight excluding hydrogens is 208 g/mol. The van der Waals surface area contributed by atoms with Gasteiger partial charge in [-0.3, -0.25) is 0 Å². The Morgan fingerprint density at radius 1 is 1.29 bits per heavy atom. The number of benzene rings is 1. The fourth-order valence-electron chi connectivity index (χ4n) is 1.78. The summed E-state index contributed by atoms with van der Waals surface area (Å²) in [5.74, 6) is 0. The SMILES string of the molecule is C=Cc1ccc(C[n+]2ccn(C(C)C)c2)cc1. The van der Waals surface area contributed by atoms with E-state index in [9.17, 15) is 0 Å². The highest BCUT2D eigenvalue weighted by Crippen LogP contribution is 2.06. The molecule has 0 aliphatic carbocycles. The summed E-state index contributed by atoms with van der Waals surface area (Å²) < 4.78 is 4.40. The summed E-state index contributed by atoms with van der Waals surface area (Å²) in [6.07, 6.45) is 8.24. The molecule has 0 saturated carbocycles. The molecule has 1 aromatic heterocycles. The number of imidazole rings is 1. The number of rotatable bonds is 4. The van der Waals surface area contributed by atoms with Crippen LogP contribution in [0.15, 0.2) is 49.6 Å². The molecule has 0 aliphatic heterocycles. The second kappa shape index (κ2) is 5.00. The molecule has 17 heavy (non-hydrogen) atoms. The fourth-order valence-corrected chi connectivity index (χ4v) is 1.78. The zero-order chi connectivity index (χ0) is 12.3. The molecule has 1 aromatic carbocycles. The van der Waals surface area contributed by atoms with Crippen molar-refractivity contribution in [2.45, 2.75) is 26.4 Å². The van der Waals surface area contributed by atoms with Gasteiger partial charge >= 0.3 is 0 Å². The predicted molar refractivity (Wildman–Crippen MR) is 70.6 cm³/mol. The summed E-state index contributed by atoms with van der Waals surface area (Å²) in [4.78, 5) is 0. The van der Waals surface area contributed by atoms with Crippen molar-refractivity contribution in [1.82, 2.24) is 4.57 Å². The number of nitrogens with zero attached hydrogens (tertiary/aromatic N) is 2. The van der Waals surface area contributed by atoms with Crippen LogP contribution in [-0.4, -0.2) is 4.57 Å². The maximum atomic E-state index is 3.76. The molecule has 0 unspecified atom stereocenters. The molecule has 0 aliphatic rings. The van der Waals surface area contributed by atoms with Crippen molar-refractivity contribution < 1.29 is 4.57 Å². The monoisotopic (exact) mass is 227 g/mol. The molecule has 0 bridgehead atoms. The van der Waals surface area contributed by atoms with Crippen LogP contribution in [0, 0.1) is 0 Å². The van der Waals surface area contributed by atoms with E-state index in [2.05, 4.69) is 72.5 Å². The molecule has 0 atom stereocenters. The molecule has 0 N–H and O–H groups in total. The van der Waals surface area contributed by atoms with E-state index in [0.29, 0.717) is 6.04 Å². The van der Waals surface area contributed by atoms with Crippen molar-refractivity contribution in [1.29, 1.82) is 0 Å². The van der Waals surface area contributed by atoms with E-state index < -0.39 is 0 Å². The molecular formula is C15H19N2+. The van der Waals surface area contributed by atoms with Crippen LogP contribution >= 0.6 is 0 Å². The summed E-state index contributed by atoms with van der Waals surface area (Å²) in [6, 6.07) is 9.01. The summed E-state index contributed by atoms with van der Waals surface area (Å²) >= 11 is 0. The van der Waals surface area contributed by atoms with E-state index in [0.717, 1.165) is 6.54 Å². The topological polar surface area (TPSA) is 8.81 Å². The highest BCUT2D eigenvalue weighted by Gasteiger charge is 2.06. The van der Waals surface area contributed by atoms with Crippen LogP contribution in [0.2, 0.25) is 0 Å². The van der Waals surface area contributed by atoms with Crippen molar-refractivity contribution >= 4 is 6.08 Å². The van der Waals surface area contributed by atoms with Crippen LogP contribution in [-0.2, 0) is 6.54 Å². The smallest absolute Gasteiger partial charge is 0.235 e. The maximum absolute atomic E-state index is 3.76. The van der Waals surface area contributed by atoms with Gasteiger partial charge in [0.2, 0.25) is 6.33 Å². The van der Waals surface area contributed by atoms with Gasteiger partial charge in [-0.25, -0.2) is 9.13 Å². The van der Waals surface area contributed by atoms with E-state index >= 15 is 0 Å². The molecule has 2 aromatic rings. The van der Waals surface area contributed by atoms with Crippen molar-refractivity contribution in [2.24, 2.45) is 0 Å². The van der Waals surface area contributed by atoms with Gasteiger partial charge in [0.05, 0.1) is 6.04 Å². The Morgan fingerprint density at radius 3 is 2.53 bits per heavy atom. The molecule has 0 radical (unpaired) electrons. The van der Waals surface area contributed by atoms with Crippen LogP contribution in [0.5, 0.6) is 0 Å². The Hall–Kier alpha value is -1.83. The lowest BCUT2D eigenvalue weighted by molar-refractivity contribution is -0.687. The normalized spacial score (nSPS) is 10.8. The summed E-state index contributed by atoms with van der Waals surface area (Å²) in [6.45, 7) is 9.04. The van der Waals surface area contributed by atoms with Gasteiger partial charge in [0.15, 0.2) is 0 Å². The highest BCUT2D eigenvalue weighted by molar-refractivity contribution is 5.47. The predicted octanol–water partition coefficient (Wildman–Crippen LogP) is 3.05. The first-order valence-corrected chi connectivity index (χ1v) is 5.97. The van der Waals surface area contributed by atoms with E-state index in [1.807, 2.05) is 6.08 Å². The van der Waals surface area contributed by atoms with Crippen molar-refractivity contribution in [3.05, 3.63) is 60.7 Å². The van der Waals surface area contributed by atoms with Gasteiger partial charge in [0, 0.05) is 0 Å². The minimum absolute atomic E-state index is 0.513. The minimum atomic E-state index is 0.513. The lowest BCUT2D eigenvalue weighted by atomic mass is 10.1. The first-order valence-electron chi connectivity index (χ1n) is 5.97.